The Labute approximate surface area is 99.2 Å². The summed E-state index contributed by atoms with van der Waals surface area (Å²) in [5.41, 5.74) is 1.36. The van der Waals surface area contributed by atoms with E-state index in [1.54, 1.807) is 0 Å². The van der Waals surface area contributed by atoms with Crippen molar-refractivity contribution in [2.24, 2.45) is 0 Å². The molecule has 0 bridgehead atoms. The van der Waals surface area contributed by atoms with Crippen LogP contribution in [0.1, 0.15) is 39.5 Å². The fourth-order valence-electron chi connectivity index (χ4n) is 1.80. The molecule has 0 spiro atoms. The van der Waals surface area contributed by atoms with Gasteiger partial charge in [-0.15, -0.1) is 0 Å². The first-order valence-electron chi connectivity index (χ1n) is 6.50. The quantitative estimate of drug-likeness (QED) is 0.646. The van der Waals surface area contributed by atoms with Gasteiger partial charge in [-0.3, -0.25) is 0 Å². The van der Waals surface area contributed by atoms with Gasteiger partial charge in [0.2, 0.25) is 0 Å². The van der Waals surface area contributed by atoms with Gasteiger partial charge >= 0.3 is 0 Å². The lowest BCUT2D eigenvalue weighted by Gasteiger charge is -2.24. The number of nitrogens with one attached hydrogen (secondary N) is 1. The maximum Gasteiger partial charge on any atom is 0.0876 e. The largest absolute Gasteiger partial charge is 0.501 e. The van der Waals surface area contributed by atoms with Crippen molar-refractivity contribution in [2.45, 2.75) is 45.6 Å². The molecular formula is C13H25NO2. The van der Waals surface area contributed by atoms with Crippen molar-refractivity contribution in [3.63, 3.8) is 0 Å². The summed E-state index contributed by atoms with van der Waals surface area (Å²) in [6.07, 6.45) is 6.42. The average Bonchev–Trinajstić information content (AvgIpc) is 2.35. The van der Waals surface area contributed by atoms with Gasteiger partial charge in [0.1, 0.15) is 0 Å². The van der Waals surface area contributed by atoms with E-state index in [1.165, 1.54) is 5.57 Å². The predicted molar refractivity (Wildman–Crippen MR) is 66.5 cm³/mol. The fourth-order valence-corrected chi connectivity index (χ4v) is 1.80. The van der Waals surface area contributed by atoms with Crippen LogP contribution in [-0.4, -0.2) is 32.4 Å². The minimum Gasteiger partial charge on any atom is -0.501 e. The van der Waals surface area contributed by atoms with Crippen LogP contribution in [0.5, 0.6) is 0 Å². The van der Waals surface area contributed by atoms with Crippen molar-refractivity contribution in [2.75, 3.05) is 26.4 Å². The Morgan fingerprint density at radius 1 is 1.44 bits per heavy atom. The first-order valence-corrected chi connectivity index (χ1v) is 6.50. The molecule has 0 aliphatic carbocycles. The van der Waals surface area contributed by atoms with E-state index >= 15 is 0 Å². The van der Waals surface area contributed by atoms with Crippen LogP contribution in [0.25, 0.3) is 0 Å². The molecule has 1 aliphatic rings. The highest BCUT2D eigenvalue weighted by atomic mass is 16.5. The predicted octanol–water partition coefficient (Wildman–Crippen LogP) is 2.48. The van der Waals surface area contributed by atoms with Gasteiger partial charge in [0.05, 0.1) is 25.5 Å². The Hall–Kier alpha value is -0.540. The molecule has 3 heteroatoms. The summed E-state index contributed by atoms with van der Waals surface area (Å²) in [4.78, 5) is 0. The molecule has 0 saturated heterocycles. The fraction of sp³-hybridized carbons (Fsp3) is 0.846. The minimum absolute atomic E-state index is 0.340. The molecule has 0 saturated carbocycles. The van der Waals surface area contributed by atoms with Crippen LogP contribution in [-0.2, 0) is 9.47 Å². The molecule has 0 amide bonds. The molecule has 1 rings (SSSR count). The van der Waals surface area contributed by atoms with E-state index in [-0.39, 0.29) is 0 Å². The number of hydrogen-bond acceptors (Lipinski definition) is 3. The van der Waals surface area contributed by atoms with Crippen molar-refractivity contribution in [3.05, 3.63) is 11.8 Å². The van der Waals surface area contributed by atoms with Gasteiger partial charge in [-0.1, -0.05) is 13.8 Å². The van der Waals surface area contributed by atoms with Gasteiger partial charge < -0.3 is 14.8 Å². The highest BCUT2D eigenvalue weighted by Crippen LogP contribution is 2.16. The monoisotopic (exact) mass is 227 g/mol. The van der Waals surface area contributed by atoms with Crippen molar-refractivity contribution in [1.29, 1.82) is 0 Å². The van der Waals surface area contributed by atoms with Crippen molar-refractivity contribution < 1.29 is 9.47 Å². The zero-order chi connectivity index (χ0) is 11.6. The molecule has 3 nitrogen and oxygen atoms in total. The zero-order valence-corrected chi connectivity index (χ0v) is 10.6. The summed E-state index contributed by atoms with van der Waals surface area (Å²) in [5.74, 6) is 0. The molecule has 0 radical (unpaired) electrons. The highest BCUT2D eigenvalue weighted by molar-refractivity contribution is 5.10. The van der Waals surface area contributed by atoms with Crippen LogP contribution >= 0.6 is 0 Å². The van der Waals surface area contributed by atoms with Gasteiger partial charge in [0.25, 0.3) is 0 Å². The first-order chi connectivity index (χ1) is 7.88. The van der Waals surface area contributed by atoms with E-state index < -0.39 is 0 Å². The molecule has 1 N–H and O–H groups in total. The smallest absolute Gasteiger partial charge is 0.0876 e. The highest BCUT2D eigenvalue weighted by Gasteiger charge is 2.16. The molecule has 0 aromatic rings. The molecule has 0 aromatic heterocycles. The van der Waals surface area contributed by atoms with E-state index in [2.05, 4.69) is 19.2 Å². The topological polar surface area (TPSA) is 30.5 Å². The third kappa shape index (κ3) is 4.99. The Kier molecular flexibility index (Phi) is 7.26. The van der Waals surface area contributed by atoms with Crippen LogP contribution < -0.4 is 5.32 Å². The second kappa shape index (κ2) is 8.59. The normalized spacial score (nSPS) is 17.8. The molecule has 1 heterocycles. The van der Waals surface area contributed by atoms with Crippen LogP contribution in [0.3, 0.4) is 0 Å². The standard InChI is InChI=1S/C13H25NO2/c1-3-7-14-13(11-15-8-4-2)12-6-5-9-16-10-12/h10,13-14H,3-9,11H2,1-2H3. The Morgan fingerprint density at radius 2 is 2.31 bits per heavy atom. The number of hydrogen-bond donors (Lipinski definition) is 1. The van der Waals surface area contributed by atoms with Crippen LogP contribution in [0.4, 0.5) is 0 Å². The SMILES string of the molecule is CCCNC(COCCC)C1=COCCC1. The molecule has 1 aliphatic heterocycles. The van der Waals surface area contributed by atoms with Crippen LogP contribution in [0.2, 0.25) is 0 Å². The summed E-state index contributed by atoms with van der Waals surface area (Å²) >= 11 is 0. The lowest BCUT2D eigenvalue weighted by molar-refractivity contribution is 0.115. The molecular weight excluding hydrogens is 202 g/mol. The molecule has 1 atom stereocenters. The third-order valence-corrected chi connectivity index (χ3v) is 2.68. The maximum atomic E-state index is 5.64. The maximum absolute atomic E-state index is 5.64. The van der Waals surface area contributed by atoms with Gasteiger partial charge in [0.15, 0.2) is 0 Å². The van der Waals surface area contributed by atoms with E-state index in [1.807, 2.05) is 6.26 Å². The minimum atomic E-state index is 0.340. The van der Waals surface area contributed by atoms with E-state index in [9.17, 15) is 0 Å². The molecule has 16 heavy (non-hydrogen) atoms. The van der Waals surface area contributed by atoms with Crippen LogP contribution in [0, 0.1) is 0 Å². The summed E-state index contributed by atoms with van der Waals surface area (Å²) in [7, 11) is 0. The molecule has 94 valence electrons. The zero-order valence-electron chi connectivity index (χ0n) is 10.6. The van der Waals surface area contributed by atoms with Gasteiger partial charge in [-0.25, -0.2) is 0 Å². The van der Waals surface area contributed by atoms with Gasteiger partial charge in [0, 0.05) is 6.61 Å². The lowest BCUT2D eigenvalue weighted by Crippen LogP contribution is -2.36. The summed E-state index contributed by atoms with van der Waals surface area (Å²) in [5, 5.41) is 3.52. The van der Waals surface area contributed by atoms with Crippen LogP contribution in [0.15, 0.2) is 11.8 Å². The summed E-state index contributed by atoms with van der Waals surface area (Å²) in [6.45, 7) is 7.83. The first kappa shape index (κ1) is 13.5. The van der Waals surface area contributed by atoms with E-state index in [4.69, 9.17) is 9.47 Å². The van der Waals surface area contributed by atoms with Gasteiger partial charge in [-0.05, 0) is 37.8 Å². The lowest BCUT2D eigenvalue weighted by atomic mass is 10.0. The third-order valence-electron chi connectivity index (χ3n) is 2.68. The number of ether oxygens (including phenoxy) is 2. The van der Waals surface area contributed by atoms with Crippen molar-refractivity contribution in [1.82, 2.24) is 5.32 Å². The Morgan fingerprint density at radius 3 is 2.94 bits per heavy atom. The molecule has 1 unspecified atom stereocenters. The van der Waals surface area contributed by atoms with Gasteiger partial charge in [-0.2, -0.15) is 0 Å². The van der Waals surface area contributed by atoms with Crippen molar-refractivity contribution in [3.8, 4) is 0 Å². The van der Waals surface area contributed by atoms with E-state index in [0.29, 0.717) is 6.04 Å². The number of rotatable bonds is 8. The second-order valence-corrected chi connectivity index (χ2v) is 4.25. The summed E-state index contributed by atoms with van der Waals surface area (Å²) < 4.78 is 11.0. The summed E-state index contributed by atoms with van der Waals surface area (Å²) in [6, 6.07) is 0.340. The molecule has 0 aromatic carbocycles. The van der Waals surface area contributed by atoms with Crippen molar-refractivity contribution >= 4 is 0 Å². The Bertz CT molecular complexity index is 204. The second-order valence-electron chi connectivity index (χ2n) is 4.25. The molecule has 0 fully saturated rings. The average molecular weight is 227 g/mol. The van der Waals surface area contributed by atoms with E-state index in [0.717, 1.165) is 52.0 Å². The Balaban J connectivity index is 2.38.